The summed E-state index contributed by atoms with van der Waals surface area (Å²) >= 11 is 0. The first-order valence-corrected chi connectivity index (χ1v) is 4.16. The average molecular weight is 157 g/mol. The van der Waals surface area contributed by atoms with Crippen molar-refractivity contribution >= 4 is 5.91 Å². The Morgan fingerprint density at radius 2 is 2.36 bits per heavy atom. The molecule has 0 aromatic carbocycles. The molecule has 1 saturated carbocycles. The van der Waals surface area contributed by atoms with Crippen molar-refractivity contribution in [1.82, 2.24) is 5.32 Å². The van der Waals surface area contributed by atoms with Crippen molar-refractivity contribution in [1.29, 1.82) is 0 Å². The van der Waals surface area contributed by atoms with Gasteiger partial charge in [-0.25, -0.2) is 0 Å². The standard InChI is InChI=1S/C8H15NO2/c1-6(10)4-5-9-8(11)7-2-3-7/h6-7,10H,2-5H2,1H3,(H,9,11). The number of aliphatic hydroxyl groups is 1. The summed E-state index contributed by atoms with van der Waals surface area (Å²) in [7, 11) is 0. The zero-order valence-corrected chi connectivity index (χ0v) is 6.84. The predicted octanol–water partition coefficient (Wildman–Crippen LogP) is 0.283. The van der Waals surface area contributed by atoms with Gasteiger partial charge in [0.25, 0.3) is 0 Å². The van der Waals surface area contributed by atoms with Crippen LogP contribution in [0, 0.1) is 5.92 Å². The quantitative estimate of drug-likeness (QED) is 0.616. The minimum absolute atomic E-state index is 0.158. The maximum absolute atomic E-state index is 11.0. The fraction of sp³-hybridized carbons (Fsp3) is 0.875. The topological polar surface area (TPSA) is 49.3 Å². The van der Waals surface area contributed by atoms with Crippen LogP contribution in [-0.2, 0) is 4.79 Å². The van der Waals surface area contributed by atoms with E-state index in [9.17, 15) is 4.79 Å². The van der Waals surface area contributed by atoms with E-state index in [0.717, 1.165) is 12.8 Å². The molecule has 64 valence electrons. The van der Waals surface area contributed by atoms with Gasteiger partial charge in [-0.3, -0.25) is 4.79 Å². The van der Waals surface area contributed by atoms with Gasteiger partial charge in [0.15, 0.2) is 0 Å². The molecule has 1 aliphatic carbocycles. The molecule has 1 fully saturated rings. The molecule has 0 bridgehead atoms. The Bertz CT molecular complexity index is 141. The van der Waals surface area contributed by atoms with Crippen LogP contribution in [-0.4, -0.2) is 23.7 Å². The van der Waals surface area contributed by atoms with Gasteiger partial charge in [0.05, 0.1) is 6.10 Å². The van der Waals surface area contributed by atoms with E-state index in [1.165, 1.54) is 0 Å². The van der Waals surface area contributed by atoms with Crippen LogP contribution in [0.5, 0.6) is 0 Å². The highest BCUT2D eigenvalue weighted by Crippen LogP contribution is 2.28. The lowest BCUT2D eigenvalue weighted by Crippen LogP contribution is -2.27. The second-order valence-corrected chi connectivity index (χ2v) is 3.20. The summed E-state index contributed by atoms with van der Waals surface area (Å²) < 4.78 is 0. The molecule has 1 atom stereocenters. The van der Waals surface area contributed by atoms with Crippen molar-refractivity contribution in [2.45, 2.75) is 32.3 Å². The number of aliphatic hydroxyl groups excluding tert-OH is 1. The summed E-state index contributed by atoms with van der Waals surface area (Å²) in [6.45, 7) is 2.33. The number of rotatable bonds is 4. The van der Waals surface area contributed by atoms with Gasteiger partial charge >= 0.3 is 0 Å². The van der Waals surface area contributed by atoms with Crippen molar-refractivity contribution in [2.75, 3.05) is 6.54 Å². The Hall–Kier alpha value is -0.570. The third kappa shape index (κ3) is 3.37. The van der Waals surface area contributed by atoms with E-state index in [0.29, 0.717) is 13.0 Å². The van der Waals surface area contributed by atoms with Gasteiger partial charge in [0.2, 0.25) is 5.91 Å². The van der Waals surface area contributed by atoms with Crippen LogP contribution >= 0.6 is 0 Å². The molecule has 1 unspecified atom stereocenters. The van der Waals surface area contributed by atoms with Crippen LogP contribution in [0.3, 0.4) is 0 Å². The normalized spacial score (nSPS) is 19.5. The molecule has 0 heterocycles. The molecule has 1 rings (SSSR count). The minimum atomic E-state index is -0.311. The fourth-order valence-corrected chi connectivity index (χ4v) is 0.894. The van der Waals surface area contributed by atoms with Crippen LogP contribution in [0.1, 0.15) is 26.2 Å². The predicted molar refractivity (Wildman–Crippen MR) is 42.0 cm³/mol. The number of carbonyl (C=O) groups is 1. The molecule has 0 saturated heterocycles. The zero-order valence-electron chi connectivity index (χ0n) is 6.84. The van der Waals surface area contributed by atoms with Gasteiger partial charge in [-0.1, -0.05) is 0 Å². The van der Waals surface area contributed by atoms with E-state index in [1.807, 2.05) is 0 Å². The van der Waals surface area contributed by atoms with Gasteiger partial charge in [0, 0.05) is 12.5 Å². The highest BCUT2D eigenvalue weighted by atomic mass is 16.3. The smallest absolute Gasteiger partial charge is 0.223 e. The number of carbonyl (C=O) groups excluding carboxylic acids is 1. The van der Waals surface area contributed by atoms with Gasteiger partial charge in [-0.05, 0) is 26.2 Å². The third-order valence-corrected chi connectivity index (χ3v) is 1.81. The van der Waals surface area contributed by atoms with E-state index in [2.05, 4.69) is 5.32 Å². The molecular weight excluding hydrogens is 142 g/mol. The van der Waals surface area contributed by atoms with Gasteiger partial charge in [-0.2, -0.15) is 0 Å². The molecule has 11 heavy (non-hydrogen) atoms. The molecule has 1 aliphatic rings. The second-order valence-electron chi connectivity index (χ2n) is 3.20. The summed E-state index contributed by atoms with van der Waals surface area (Å²) in [6, 6.07) is 0. The Morgan fingerprint density at radius 1 is 1.73 bits per heavy atom. The molecule has 2 N–H and O–H groups in total. The van der Waals surface area contributed by atoms with Gasteiger partial charge in [-0.15, -0.1) is 0 Å². The maximum atomic E-state index is 11.0. The van der Waals surface area contributed by atoms with Crippen molar-refractivity contribution in [3.8, 4) is 0 Å². The van der Waals surface area contributed by atoms with E-state index in [1.54, 1.807) is 6.92 Å². The van der Waals surface area contributed by atoms with Crippen molar-refractivity contribution in [3.05, 3.63) is 0 Å². The second kappa shape index (κ2) is 3.72. The fourth-order valence-electron chi connectivity index (χ4n) is 0.894. The van der Waals surface area contributed by atoms with Crippen molar-refractivity contribution in [2.24, 2.45) is 5.92 Å². The number of hydrogen-bond acceptors (Lipinski definition) is 2. The lowest BCUT2D eigenvalue weighted by atomic mass is 10.3. The highest BCUT2D eigenvalue weighted by molar-refractivity contribution is 5.80. The third-order valence-electron chi connectivity index (χ3n) is 1.81. The van der Waals surface area contributed by atoms with Crippen molar-refractivity contribution in [3.63, 3.8) is 0 Å². The molecule has 0 aromatic heterocycles. The molecule has 3 nitrogen and oxygen atoms in total. The van der Waals surface area contributed by atoms with Crippen LogP contribution in [0.15, 0.2) is 0 Å². The first-order chi connectivity index (χ1) is 5.20. The molecule has 0 aromatic rings. The lowest BCUT2D eigenvalue weighted by molar-refractivity contribution is -0.122. The number of amides is 1. The summed E-state index contributed by atoms with van der Waals surface area (Å²) in [5.41, 5.74) is 0. The van der Waals surface area contributed by atoms with Crippen LogP contribution in [0.2, 0.25) is 0 Å². The van der Waals surface area contributed by atoms with Crippen LogP contribution in [0.25, 0.3) is 0 Å². The Morgan fingerprint density at radius 3 is 2.82 bits per heavy atom. The van der Waals surface area contributed by atoms with E-state index in [4.69, 9.17) is 5.11 Å². The first-order valence-electron chi connectivity index (χ1n) is 4.16. The number of nitrogens with one attached hydrogen (secondary N) is 1. The van der Waals surface area contributed by atoms with Crippen molar-refractivity contribution < 1.29 is 9.90 Å². The highest BCUT2D eigenvalue weighted by Gasteiger charge is 2.28. The Labute approximate surface area is 66.8 Å². The SMILES string of the molecule is CC(O)CCNC(=O)C1CC1. The van der Waals surface area contributed by atoms with E-state index >= 15 is 0 Å². The summed E-state index contributed by atoms with van der Waals surface area (Å²) in [5.74, 6) is 0.439. The monoisotopic (exact) mass is 157 g/mol. The minimum Gasteiger partial charge on any atom is -0.393 e. The molecule has 3 heteroatoms. The largest absolute Gasteiger partial charge is 0.393 e. The maximum Gasteiger partial charge on any atom is 0.223 e. The molecule has 0 aliphatic heterocycles. The van der Waals surface area contributed by atoms with E-state index < -0.39 is 0 Å². The number of hydrogen-bond donors (Lipinski definition) is 2. The van der Waals surface area contributed by atoms with Crippen LogP contribution in [0.4, 0.5) is 0 Å². The molecule has 0 radical (unpaired) electrons. The average Bonchev–Trinajstić information content (AvgIpc) is 2.66. The summed E-state index contributed by atoms with van der Waals surface area (Å²) in [4.78, 5) is 11.0. The van der Waals surface area contributed by atoms with Gasteiger partial charge < -0.3 is 10.4 Å². The molecule has 1 amide bonds. The Balaban J connectivity index is 1.97. The Kier molecular flexibility index (Phi) is 2.88. The first kappa shape index (κ1) is 8.53. The zero-order chi connectivity index (χ0) is 8.27. The summed E-state index contributed by atoms with van der Waals surface area (Å²) in [5, 5.41) is 11.6. The molecular formula is C8H15NO2. The van der Waals surface area contributed by atoms with Gasteiger partial charge in [0.1, 0.15) is 0 Å². The molecule has 0 spiro atoms. The summed E-state index contributed by atoms with van der Waals surface area (Å²) in [6.07, 6.45) is 2.42. The lowest BCUT2D eigenvalue weighted by Gasteiger charge is -2.05. The van der Waals surface area contributed by atoms with Crippen LogP contribution < -0.4 is 5.32 Å². The van der Waals surface area contributed by atoms with E-state index in [-0.39, 0.29) is 17.9 Å².